The van der Waals surface area contributed by atoms with E-state index in [1.165, 1.54) is 6.92 Å². The number of hydrogen-bond acceptors (Lipinski definition) is 5. The molecule has 33 heavy (non-hydrogen) atoms. The van der Waals surface area contributed by atoms with E-state index in [0.29, 0.717) is 39.3 Å². The monoisotopic (exact) mass is 441 g/mol. The highest BCUT2D eigenvalue weighted by Crippen LogP contribution is 2.26. The van der Waals surface area contributed by atoms with Crippen molar-refractivity contribution in [3.63, 3.8) is 0 Å². The zero-order chi connectivity index (χ0) is 23.5. The number of rotatable bonds is 6. The van der Waals surface area contributed by atoms with E-state index < -0.39 is 6.10 Å². The third-order valence-corrected chi connectivity index (χ3v) is 5.34. The molecule has 0 bridgehead atoms. The van der Waals surface area contributed by atoms with E-state index in [0.717, 1.165) is 5.56 Å². The topological polar surface area (TPSA) is 85.6 Å². The number of amides is 1. The average molecular weight is 441 g/mol. The van der Waals surface area contributed by atoms with Crippen LogP contribution >= 0.6 is 0 Å². The van der Waals surface area contributed by atoms with E-state index in [-0.39, 0.29) is 17.1 Å². The van der Waals surface area contributed by atoms with Crippen molar-refractivity contribution in [2.24, 2.45) is 0 Å². The summed E-state index contributed by atoms with van der Waals surface area (Å²) in [4.78, 5) is 37.0. The van der Waals surface area contributed by atoms with Crippen LogP contribution < -0.4 is 15.5 Å². The number of aryl methyl sites for hydroxylation is 1. The van der Waals surface area contributed by atoms with Crippen molar-refractivity contribution in [1.82, 2.24) is 0 Å². The van der Waals surface area contributed by atoms with Gasteiger partial charge in [-0.3, -0.25) is 14.4 Å². The molecule has 0 radical (unpaired) electrons. The number of carbonyl (C=O) groups excluding carboxylic acids is 2. The maximum Gasteiger partial charge on any atom is 0.265 e. The number of anilines is 1. The summed E-state index contributed by atoms with van der Waals surface area (Å²) < 4.78 is 11.7. The van der Waals surface area contributed by atoms with Gasteiger partial charge in [0, 0.05) is 17.3 Å². The molecule has 1 amide bonds. The molecule has 0 aliphatic heterocycles. The van der Waals surface area contributed by atoms with Crippen LogP contribution in [0.15, 0.2) is 82.0 Å². The van der Waals surface area contributed by atoms with Gasteiger partial charge in [-0.05, 0) is 62.7 Å². The van der Waals surface area contributed by atoms with Gasteiger partial charge >= 0.3 is 0 Å². The minimum atomic E-state index is -0.800. The third kappa shape index (κ3) is 4.70. The van der Waals surface area contributed by atoms with Crippen LogP contribution in [0.5, 0.6) is 5.75 Å². The van der Waals surface area contributed by atoms with Crippen molar-refractivity contribution in [1.29, 1.82) is 0 Å². The summed E-state index contributed by atoms with van der Waals surface area (Å²) in [7, 11) is 0. The van der Waals surface area contributed by atoms with Gasteiger partial charge in [-0.1, -0.05) is 30.3 Å². The first-order chi connectivity index (χ1) is 15.8. The largest absolute Gasteiger partial charge is 0.481 e. The maximum absolute atomic E-state index is 13.1. The first-order valence-electron chi connectivity index (χ1n) is 10.5. The molecular weight excluding hydrogens is 418 g/mol. The fourth-order valence-electron chi connectivity index (χ4n) is 3.59. The SMILES string of the molecule is CC(=O)c1ccc(NC(=O)[C@@H](C)Oc2ccc3c(=O)c(-c4ccccc4)c(C)oc3c2)cc1. The van der Waals surface area contributed by atoms with Gasteiger partial charge in [0.25, 0.3) is 5.91 Å². The highest BCUT2D eigenvalue weighted by molar-refractivity contribution is 5.96. The molecule has 1 N–H and O–H groups in total. The van der Waals surface area contributed by atoms with Gasteiger partial charge in [-0.15, -0.1) is 0 Å². The lowest BCUT2D eigenvalue weighted by Gasteiger charge is -2.15. The lowest BCUT2D eigenvalue weighted by atomic mass is 10.0. The molecule has 1 atom stereocenters. The molecule has 0 fully saturated rings. The minimum Gasteiger partial charge on any atom is -0.481 e. The molecule has 0 saturated heterocycles. The second kappa shape index (κ2) is 9.12. The molecule has 3 aromatic carbocycles. The number of carbonyl (C=O) groups is 2. The second-order valence-corrected chi connectivity index (χ2v) is 7.77. The average Bonchev–Trinajstić information content (AvgIpc) is 2.80. The van der Waals surface area contributed by atoms with Crippen LogP contribution in [-0.4, -0.2) is 17.8 Å². The van der Waals surface area contributed by atoms with E-state index in [1.54, 1.807) is 56.3 Å². The van der Waals surface area contributed by atoms with Crippen molar-refractivity contribution >= 4 is 28.3 Å². The smallest absolute Gasteiger partial charge is 0.265 e. The summed E-state index contributed by atoms with van der Waals surface area (Å²) >= 11 is 0. The number of benzene rings is 3. The number of ether oxygens (including phenoxy) is 1. The molecule has 6 heteroatoms. The summed E-state index contributed by atoms with van der Waals surface area (Å²) in [5, 5.41) is 3.20. The van der Waals surface area contributed by atoms with Crippen LogP contribution in [0.1, 0.15) is 30.0 Å². The second-order valence-electron chi connectivity index (χ2n) is 7.77. The lowest BCUT2D eigenvalue weighted by Crippen LogP contribution is -2.30. The summed E-state index contributed by atoms with van der Waals surface area (Å²) in [5.41, 5.74) is 2.73. The summed E-state index contributed by atoms with van der Waals surface area (Å²) in [6.45, 7) is 4.87. The predicted molar refractivity (Wildman–Crippen MR) is 128 cm³/mol. The molecule has 6 nitrogen and oxygen atoms in total. The van der Waals surface area contributed by atoms with E-state index in [2.05, 4.69) is 5.32 Å². The Bertz CT molecular complexity index is 1390. The van der Waals surface area contributed by atoms with Crippen molar-refractivity contribution in [3.05, 3.63) is 94.3 Å². The Balaban J connectivity index is 1.53. The quantitative estimate of drug-likeness (QED) is 0.406. The first kappa shape index (κ1) is 22.0. The Labute approximate surface area is 190 Å². The zero-order valence-electron chi connectivity index (χ0n) is 18.5. The summed E-state index contributed by atoms with van der Waals surface area (Å²) in [6.07, 6.45) is -0.800. The van der Waals surface area contributed by atoms with Crippen molar-refractivity contribution < 1.29 is 18.7 Å². The number of nitrogens with one attached hydrogen (secondary N) is 1. The molecule has 1 aromatic heterocycles. The molecule has 0 spiro atoms. The summed E-state index contributed by atoms with van der Waals surface area (Å²) in [5.74, 6) is 0.532. The third-order valence-electron chi connectivity index (χ3n) is 5.34. The molecule has 0 aliphatic carbocycles. The molecule has 166 valence electrons. The Morgan fingerprint density at radius 2 is 1.67 bits per heavy atom. The van der Waals surface area contributed by atoms with Crippen LogP contribution in [0.2, 0.25) is 0 Å². The standard InChI is InChI=1S/C27H23NO5/c1-16(29)19-9-11-21(12-10-19)28-27(31)18(3)32-22-13-14-23-24(15-22)33-17(2)25(26(23)30)20-7-5-4-6-8-20/h4-15,18H,1-3H3,(H,28,31)/t18-/m1/s1. The highest BCUT2D eigenvalue weighted by atomic mass is 16.5. The molecule has 0 saturated carbocycles. The molecule has 4 aromatic rings. The van der Waals surface area contributed by atoms with Crippen molar-refractivity contribution in [2.45, 2.75) is 26.9 Å². The number of Topliss-reactive ketones (excluding diaryl/α,β-unsaturated/α-hetero) is 1. The van der Waals surface area contributed by atoms with Crippen molar-refractivity contribution in [2.75, 3.05) is 5.32 Å². The van der Waals surface area contributed by atoms with E-state index in [1.807, 2.05) is 30.3 Å². The number of fused-ring (bicyclic) bond motifs is 1. The fourth-order valence-corrected chi connectivity index (χ4v) is 3.59. The predicted octanol–water partition coefficient (Wildman–Crippen LogP) is 5.38. The fraction of sp³-hybridized carbons (Fsp3) is 0.148. The normalized spacial score (nSPS) is 11.7. The van der Waals surface area contributed by atoms with E-state index in [9.17, 15) is 14.4 Å². The zero-order valence-corrected chi connectivity index (χ0v) is 18.5. The molecule has 4 rings (SSSR count). The van der Waals surface area contributed by atoms with Gasteiger partial charge < -0.3 is 14.5 Å². The highest BCUT2D eigenvalue weighted by Gasteiger charge is 2.17. The maximum atomic E-state index is 13.1. The Morgan fingerprint density at radius 3 is 2.33 bits per heavy atom. The van der Waals surface area contributed by atoms with Crippen LogP contribution in [0.4, 0.5) is 5.69 Å². The van der Waals surface area contributed by atoms with E-state index >= 15 is 0 Å². The van der Waals surface area contributed by atoms with Gasteiger partial charge in [-0.2, -0.15) is 0 Å². The lowest BCUT2D eigenvalue weighted by molar-refractivity contribution is -0.122. The van der Waals surface area contributed by atoms with Gasteiger partial charge in [0.05, 0.1) is 10.9 Å². The Kier molecular flexibility index (Phi) is 6.09. The first-order valence-corrected chi connectivity index (χ1v) is 10.5. The van der Waals surface area contributed by atoms with E-state index in [4.69, 9.17) is 9.15 Å². The molecular formula is C27H23NO5. The van der Waals surface area contributed by atoms with Crippen molar-refractivity contribution in [3.8, 4) is 16.9 Å². The molecule has 0 unspecified atom stereocenters. The Hall–Kier alpha value is -4.19. The molecule has 0 aliphatic rings. The van der Waals surface area contributed by atoms with Gasteiger partial charge in [-0.25, -0.2) is 0 Å². The van der Waals surface area contributed by atoms with Crippen LogP contribution in [0, 0.1) is 6.92 Å². The van der Waals surface area contributed by atoms with Gasteiger partial charge in [0.15, 0.2) is 11.9 Å². The molecule has 1 heterocycles. The number of ketones is 1. The Morgan fingerprint density at radius 1 is 0.970 bits per heavy atom. The van der Waals surface area contributed by atoms with Crippen LogP contribution in [-0.2, 0) is 4.79 Å². The van der Waals surface area contributed by atoms with Crippen LogP contribution in [0.25, 0.3) is 22.1 Å². The number of hydrogen-bond donors (Lipinski definition) is 1. The summed E-state index contributed by atoms with van der Waals surface area (Å²) in [6, 6.07) is 20.9. The van der Waals surface area contributed by atoms with Crippen LogP contribution in [0.3, 0.4) is 0 Å². The minimum absolute atomic E-state index is 0.0429. The van der Waals surface area contributed by atoms with Gasteiger partial charge in [0.2, 0.25) is 5.43 Å². The van der Waals surface area contributed by atoms with Gasteiger partial charge in [0.1, 0.15) is 17.1 Å².